The van der Waals surface area contributed by atoms with Crippen molar-refractivity contribution < 1.29 is 18.8 Å². The number of nitrogens with zero attached hydrogens (tertiary/aromatic N) is 2. The van der Waals surface area contributed by atoms with Gasteiger partial charge in [-0.1, -0.05) is 5.16 Å². The average molecular weight is 185 g/mol. The molecule has 0 saturated carbocycles. The number of methoxy groups -OCH3 is 1. The Bertz CT molecular complexity index is 332. The van der Waals surface area contributed by atoms with Crippen LogP contribution < -0.4 is 5.32 Å². The van der Waals surface area contributed by atoms with E-state index in [2.05, 4.69) is 24.7 Å². The van der Waals surface area contributed by atoms with Crippen LogP contribution in [-0.2, 0) is 14.3 Å². The third kappa shape index (κ3) is 2.26. The molecule has 1 heterocycles. The van der Waals surface area contributed by atoms with Crippen LogP contribution in [0.25, 0.3) is 0 Å². The van der Waals surface area contributed by atoms with Gasteiger partial charge in [0.15, 0.2) is 5.82 Å². The summed E-state index contributed by atoms with van der Waals surface area (Å²) in [6.45, 7) is 1.58. The Kier molecular flexibility index (Phi) is 2.58. The molecule has 7 nitrogen and oxygen atoms in total. The second-order valence-electron chi connectivity index (χ2n) is 2.09. The molecule has 1 aromatic heterocycles. The zero-order valence-corrected chi connectivity index (χ0v) is 7.03. The third-order valence-electron chi connectivity index (χ3n) is 1.12. The van der Waals surface area contributed by atoms with Gasteiger partial charge in [-0.25, -0.2) is 4.79 Å². The first-order chi connectivity index (χ1) is 6.13. The summed E-state index contributed by atoms with van der Waals surface area (Å²) in [5, 5.41) is 5.46. The molecular formula is C6H7N3O4. The second-order valence-corrected chi connectivity index (χ2v) is 2.09. The maximum atomic E-state index is 10.8. The van der Waals surface area contributed by atoms with E-state index in [1.165, 1.54) is 0 Å². The summed E-state index contributed by atoms with van der Waals surface area (Å²) >= 11 is 0. The fraction of sp³-hybridized carbons (Fsp3) is 0.333. The lowest BCUT2D eigenvalue weighted by atomic mass is 10.6. The van der Waals surface area contributed by atoms with E-state index in [-0.39, 0.29) is 6.01 Å². The van der Waals surface area contributed by atoms with Crippen molar-refractivity contribution in [2.45, 2.75) is 6.92 Å². The number of rotatable bonds is 1. The molecular weight excluding hydrogens is 178 g/mol. The highest BCUT2D eigenvalue weighted by Crippen LogP contribution is 2.01. The Morgan fingerprint density at radius 1 is 1.54 bits per heavy atom. The summed E-state index contributed by atoms with van der Waals surface area (Å²) in [4.78, 5) is 25.1. The fourth-order valence-electron chi connectivity index (χ4n) is 0.589. The quantitative estimate of drug-likeness (QED) is 0.467. The number of aromatic nitrogens is 2. The predicted molar refractivity (Wildman–Crippen MR) is 39.7 cm³/mol. The van der Waals surface area contributed by atoms with Crippen LogP contribution in [-0.4, -0.2) is 29.1 Å². The highest BCUT2D eigenvalue weighted by atomic mass is 16.5. The van der Waals surface area contributed by atoms with E-state index in [0.717, 1.165) is 7.11 Å². The van der Waals surface area contributed by atoms with Crippen LogP contribution in [0.2, 0.25) is 0 Å². The molecule has 70 valence electrons. The summed E-state index contributed by atoms with van der Waals surface area (Å²) < 4.78 is 8.68. The monoisotopic (exact) mass is 185 g/mol. The van der Waals surface area contributed by atoms with E-state index >= 15 is 0 Å². The number of esters is 1. The lowest BCUT2D eigenvalue weighted by Crippen LogP contribution is -2.23. The van der Waals surface area contributed by atoms with Crippen molar-refractivity contribution in [2.75, 3.05) is 12.4 Å². The summed E-state index contributed by atoms with van der Waals surface area (Å²) in [7, 11) is 1.10. The zero-order valence-electron chi connectivity index (χ0n) is 7.03. The van der Waals surface area contributed by atoms with Crippen LogP contribution in [0.4, 0.5) is 6.01 Å². The Hall–Kier alpha value is -1.92. The molecule has 0 radical (unpaired) electrons. The average Bonchev–Trinajstić information content (AvgIpc) is 2.49. The Balaban J connectivity index is 2.60. The predicted octanol–water partition coefficient (Wildman–Crippen LogP) is -0.510. The first kappa shape index (κ1) is 9.17. The minimum Gasteiger partial charge on any atom is -0.462 e. The Morgan fingerprint density at radius 3 is 2.69 bits per heavy atom. The van der Waals surface area contributed by atoms with Gasteiger partial charge in [0, 0.05) is 0 Å². The molecule has 1 amide bonds. The van der Waals surface area contributed by atoms with E-state index in [1.54, 1.807) is 6.92 Å². The van der Waals surface area contributed by atoms with Crippen molar-refractivity contribution in [1.82, 2.24) is 10.1 Å². The van der Waals surface area contributed by atoms with Crippen molar-refractivity contribution in [3.63, 3.8) is 0 Å². The van der Waals surface area contributed by atoms with E-state index in [9.17, 15) is 9.59 Å². The van der Waals surface area contributed by atoms with Crippen LogP contribution in [0.15, 0.2) is 4.52 Å². The zero-order chi connectivity index (χ0) is 9.84. The molecule has 0 saturated heterocycles. The minimum absolute atomic E-state index is 0.132. The van der Waals surface area contributed by atoms with E-state index in [0.29, 0.717) is 5.82 Å². The van der Waals surface area contributed by atoms with Crippen molar-refractivity contribution in [2.24, 2.45) is 0 Å². The Labute approximate surface area is 73.1 Å². The molecule has 1 rings (SSSR count). The van der Waals surface area contributed by atoms with E-state index in [4.69, 9.17) is 0 Å². The van der Waals surface area contributed by atoms with Crippen LogP contribution in [0, 0.1) is 6.92 Å². The minimum atomic E-state index is -1.02. The van der Waals surface area contributed by atoms with Gasteiger partial charge in [0.2, 0.25) is 0 Å². The molecule has 0 unspecified atom stereocenters. The van der Waals surface area contributed by atoms with Crippen molar-refractivity contribution in [3.05, 3.63) is 5.82 Å². The topological polar surface area (TPSA) is 94.3 Å². The molecule has 1 aromatic rings. The maximum Gasteiger partial charge on any atom is 0.397 e. The first-order valence-electron chi connectivity index (χ1n) is 3.33. The fourth-order valence-corrected chi connectivity index (χ4v) is 0.589. The third-order valence-corrected chi connectivity index (χ3v) is 1.12. The molecule has 0 aliphatic rings. The van der Waals surface area contributed by atoms with Crippen molar-refractivity contribution >= 4 is 17.9 Å². The van der Waals surface area contributed by atoms with Gasteiger partial charge in [0.1, 0.15) is 0 Å². The molecule has 0 atom stereocenters. The van der Waals surface area contributed by atoms with Gasteiger partial charge in [0.25, 0.3) is 0 Å². The summed E-state index contributed by atoms with van der Waals surface area (Å²) in [6, 6.07) is -0.132. The number of aryl methyl sites for hydroxylation is 1. The van der Waals surface area contributed by atoms with Crippen LogP contribution in [0.5, 0.6) is 0 Å². The Morgan fingerprint density at radius 2 is 2.23 bits per heavy atom. The highest BCUT2D eigenvalue weighted by Gasteiger charge is 2.16. The normalized spacial score (nSPS) is 9.38. The summed E-state index contributed by atoms with van der Waals surface area (Å²) in [5.41, 5.74) is 0. The maximum absolute atomic E-state index is 10.8. The number of ether oxygens (including phenoxy) is 1. The molecule has 1 N–H and O–H groups in total. The van der Waals surface area contributed by atoms with Crippen LogP contribution >= 0.6 is 0 Å². The number of hydrogen-bond donors (Lipinski definition) is 1. The van der Waals surface area contributed by atoms with Gasteiger partial charge in [-0.2, -0.15) is 4.98 Å². The van der Waals surface area contributed by atoms with Gasteiger partial charge < -0.3 is 9.26 Å². The van der Waals surface area contributed by atoms with Crippen LogP contribution in [0.1, 0.15) is 5.82 Å². The molecule has 7 heteroatoms. The highest BCUT2D eigenvalue weighted by molar-refractivity contribution is 6.36. The van der Waals surface area contributed by atoms with Gasteiger partial charge in [-0.05, 0) is 6.92 Å². The number of nitrogens with one attached hydrogen (secondary N) is 1. The first-order valence-corrected chi connectivity index (χ1v) is 3.33. The molecule has 0 spiro atoms. The van der Waals surface area contributed by atoms with Gasteiger partial charge in [-0.15, -0.1) is 0 Å². The molecule has 0 fully saturated rings. The lowest BCUT2D eigenvalue weighted by molar-refractivity contribution is -0.150. The molecule has 0 aliphatic heterocycles. The number of hydrogen-bond acceptors (Lipinski definition) is 6. The molecule has 0 aromatic carbocycles. The SMILES string of the molecule is COC(=O)C(=O)Nc1nc(C)no1. The number of amides is 1. The summed E-state index contributed by atoms with van der Waals surface area (Å²) in [5.74, 6) is -1.61. The van der Waals surface area contributed by atoms with E-state index in [1.807, 2.05) is 0 Å². The number of carbonyl (C=O) groups is 2. The molecule has 0 bridgehead atoms. The van der Waals surface area contributed by atoms with Crippen LogP contribution in [0.3, 0.4) is 0 Å². The lowest BCUT2D eigenvalue weighted by Gasteiger charge is -1.95. The molecule has 13 heavy (non-hydrogen) atoms. The van der Waals surface area contributed by atoms with Crippen molar-refractivity contribution in [1.29, 1.82) is 0 Å². The van der Waals surface area contributed by atoms with Gasteiger partial charge in [0.05, 0.1) is 7.11 Å². The van der Waals surface area contributed by atoms with Gasteiger partial charge in [-0.3, -0.25) is 10.1 Å². The second kappa shape index (κ2) is 3.65. The number of anilines is 1. The van der Waals surface area contributed by atoms with Gasteiger partial charge >= 0.3 is 17.9 Å². The standard InChI is InChI=1S/C6H7N3O4/c1-3-7-6(13-9-3)8-4(10)5(11)12-2/h1-2H3,(H,7,8,9,10). The summed E-state index contributed by atoms with van der Waals surface area (Å²) in [6.07, 6.45) is 0. The van der Waals surface area contributed by atoms with E-state index < -0.39 is 11.9 Å². The number of carbonyl (C=O) groups excluding carboxylic acids is 2. The van der Waals surface area contributed by atoms with Crippen molar-refractivity contribution in [3.8, 4) is 0 Å². The smallest absolute Gasteiger partial charge is 0.397 e. The molecule has 0 aliphatic carbocycles. The largest absolute Gasteiger partial charge is 0.462 e.